The average Bonchev–Trinajstić information content (AvgIpc) is 2.50. The standard InChI is InChI=1S/C15H20F4N4O2S/c1-4-12(15(17,18)19)21-9-5-6-11(16)10(7-9)14(2)8-26(24,25)23(3)13(20)22-14/h5-7,12,21H,4,8H2,1-3H3,(H2,20,22)/t12?,14-/m0/s1. The van der Waals surface area contributed by atoms with Crippen molar-refractivity contribution >= 4 is 21.7 Å². The summed E-state index contributed by atoms with van der Waals surface area (Å²) in [6, 6.07) is 1.46. The topological polar surface area (TPSA) is 85.3 Å². The maximum absolute atomic E-state index is 14.4. The van der Waals surface area contributed by atoms with Crippen LogP contribution >= 0.6 is 0 Å². The van der Waals surface area contributed by atoms with Crippen molar-refractivity contribution in [1.29, 1.82) is 5.41 Å². The Balaban J connectivity index is 2.43. The quantitative estimate of drug-likeness (QED) is 0.683. The van der Waals surface area contributed by atoms with Crippen LogP contribution in [0.2, 0.25) is 0 Å². The van der Waals surface area contributed by atoms with Crippen molar-refractivity contribution in [2.45, 2.75) is 38.0 Å². The van der Waals surface area contributed by atoms with E-state index in [4.69, 9.17) is 5.41 Å². The third kappa shape index (κ3) is 3.87. The molecule has 1 unspecified atom stereocenters. The van der Waals surface area contributed by atoms with Crippen LogP contribution in [-0.2, 0) is 15.6 Å². The van der Waals surface area contributed by atoms with Gasteiger partial charge in [0.2, 0.25) is 16.0 Å². The zero-order chi connectivity index (χ0) is 19.9. The number of guanidine groups is 1. The van der Waals surface area contributed by atoms with E-state index in [1.54, 1.807) is 0 Å². The molecule has 146 valence electrons. The van der Waals surface area contributed by atoms with Crippen LogP contribution < -0.4 is 10.6 Å². The fourth-order valence-corrected chi connectivity index (χ4v) is 4.25. The molecule has 0 aromatic heterocycles. The van der Waals surface area contributed by atoms with Gasteiger partial charge in [-0.1, -0.05) is 6.92 Å². The molecular formula is C15H20F4N4O2S. The van der Waals surface area contributed by atoms with Crippen molar-refractivity contribution in [3.8, 4) is 0 Å². The Morgan fingerprint density at radius 2 is 2.04 bits per heavy atom. The molecule has 1 aromatic carbocycles. The first kappa shape index (κ1) is 20.3. The molecule has 3 N–H and O–H groups in total. The van der Waals surface area contributed by atoms with Gasteiger partial charge in [-0.15, -0.1) is 0 Å². The predicted molar refractivity (Wildman–Crippen MR) is 89.9 cm³/mol. The minimum Gasteiger partial charge on any atom is -0.374 e. The van der Waals surface area contributed by atoms with Crippen LogP contribution in [0.25, 0.3) is 0 Å². The second-order valence-corrected chi connectivity index (χ2v) is 8.37. The number of anilines is 1. The second kappa shape index (κ2) is 6.60. The van der Waals surface area contributed by atoms with Crippen LogP contribution in [0.3, 0.4) is 0 Å². The summed E-state index contributed by atoms with van der Waals surface area (Å²) in [6.45, 7) is 2.75. The third-order valence-corrected chi connectivity index (χ3v) is 6.26. The van der Waals surface area contributed by atoms with E-state index in [-0.39, 0.29) is 17.7 Å². The highest BCUT2D eigenvalue weighted by molar-refractivity contribution is 7.89. The molecule has 0 spiro atoms. The zero-order valence-electron chi connectivity index (χ0n) is 14.4. The van der Waals surface area contributed by atoms with Gasteiger partial charge in [-0.05, 0) is 31.5 Å². The first-order valence-electron chi connectivity index (χ1n) is 7.77. The van der Waals surface area contributed by atoms with Gasteiger partial charge < -0.3 is 10.6 Å². The van der Waals surface area contributed by atoms with Gasteiger partial charge in [0.25, 0.3) is 0 Å². The van der Waals surface area contributed by atoms with Crippen molar-refractivity contribution in [2.24, 2.45) is 0 Å². The van der Waals surface area contributed by atoms with E-state index in [2.05, 4.69) is 10.6 Å². The summed E-state index contributed by atoms with van der Waals surface area (Å²) >= 11 is 0. The van der Waals surface area contributed by atoms with Crippen LogP contribution in [0.1, 0.15) is 25.8 Å². The summed E-state index contributed by atoms with van der Waals surface area (Å²) in [5, 5.41) is 12.7. The predicted octanol–water partition coefficient (Wildman–Crippen LogP) is 2.59. The van der Waals surface area contributed by atoms with E-state index < -0.39 is 45.3 Å². The number of benzene rings is 1. The lowest BCUT2D eigenvalue weighted by Gasteiger charge is -2.40. The molecule has 1 aliphatic rings. The van der Waals surface area contributed by atoms with Crippen LogP contribution in [0.4, 0.5) is 23.2 Å². The van der Waals surface area contributed by atoms with Gasteiger partial charge in [0, 0.05) is 18.3 Å². The smallest absolute Gasteiger partial charge is 0.374 e. The largest absolute Gasteiger partial charge is 0.408 e. The molecule has 0 aliphatic carbocycles. The van der Waals surface area contributed by atoms with Gasteiger partial charge in [0.1, 0.15) is 11.9 Å². The minimum absolute atomic E-state index is 0.0106. The molecule has 11 heteroatoms. The van der Waals surface area contributed by atoms with Crippen molar-refractivity contribution in [2.75, 3.05) is 18.1 Å². The van der Waals surface area contributed by atoms with Crippen molar-refractivity contribution in [3.63, 3.8) is 0 Å². The Bertz CT molecular complexity index is 812. The molecule has 1 saturated heterocycles. The summed E-state index contributed by atoms with van der Waals surface area (Å²) in [7, 11) is -2.68. The average molecular weight is 396 g/mol. The van der Waals surface area contributed by atoms with Gasteiger partial charge in [-0.2, -0.15) is 13.2 Å². The molecule has 1 heterocycles. The van der Waals surface area contributed by atoms with Crippen LogP contribution in [0.5, 0.6) is 0 Å². The number of hydrogen-bond acceptors (Lipinski definition) is 4. The Labute approximate surface area is 149 Å². The summed E-state index contributed by atoms with van der Waals surface area (Å²) in [5.74, 6) is -1.77. The van der Waals surface area contributed by atoms with Gasteiger partial charge >= 0.3 is 6.18 Å². The summed E-state index contributed by atoms with van der Waals surface area (Å²) in [6.07, 6.45) is -4.71. The number of halogens is 4. The number of hydrogen-bond donors (Lipinski definition) is 3. The third-order valence-electron chi connectivity index (χ3n) is 4.30. The van der Waals surface area contributed by atoms with Gasteiger partial charge in [-0.3, -0.25) is 5.41 Å². The summed E-state index contributed by atoms with van der Waals surface area (Å²) < 4.78 is 78.3. The summed E-state index contributed by atoms with van der Waals surface area (Å²) in [4.78, 5) is 0. The number of nitrogens with zero attached hydrogens (tertiary/aromatic N) is 1. The Morgan fingerprint density at radius 1 is 1.42 bits per heavy atom. The first-order chi connectivity index (χ1) is 11.8. The van der Waals surface area contributed by atoms with Crippen molar-refractivity contribution in [3.05, 3.63) is 29.6 Å². The number of rotatable bonds is 4. The van der Waals surface area contributed by atoms with E-state index >= 15 is 0 Å². The fourth-order valence-electron chi connectivity index (χ4n) is 2.78. The lowest BCUT2D eigenvalue weighted by atomic mass is 9.92. The molecule has 2 rings (SSSR count). The zero-order valence-corrected chi connectivity index (χ0v) is 15.2. The highest BCUT2D eigenvalue weighted by Gasteiger charge is 2.43. The maximum atomic E-state index is 14.4. The molecule has 1 aliphatic heterocycles. The van der Waals surface area contributed by atoms with Crippen LogP contribution in [0.15, 0.2) is 18.2 Å². The molecule has 1 fully saturated rings. The second-order valence-electron chi connectivity index (χ2n) is 6.37. The van der Waals surface area contributed by atoms with Gasteiger partial charge in [-0.25, -0.2) is 17.1 Å². The Kier molecular flexibility index (Phi) is 5.15. The number of alkyl halides is 3. The fraction of sp³-hybridized carbons (Fsp3) is 0.533. The Morgan fingerprint density at radius 3 is 2.54 bits per heavy atom. The van der Waals surface area contributed by atoms with Gasteiger partial charge in [0.15, 0.2) is 0 Å². The molecule has 26 heavy (non-hydrogen) atoms. The number of sulfonamides is 1. The Hall–Kier alpha value is -2.04. The summed E-state index contributed by atoms with van der Waals surface area (Å²) in [5.41, 5.74) is -1.62. The molecule has 2 atom stereocenters. The van der Waals surface area contributed by atoms with Crippen molar-refractivity contribution in [1.82, 2.24) is 9.62 Å². The molecule has 0 amide bonds. The minimum atomic E-state index is -4.48. The highest BCUT2D eigenvalue weighted by atomic mass is 32.2. The lowest BCUT2D eigenvalue weighted by molar-refractivity contribution is -0.142. The van der Waals surface area contributed by atoms with Crippen LogP contribution in [-0.4, -0.2) is 43.7 Å². The lowest BCUT2D eigenvalue weighted by Crippen LogP contribution is -2.61. The van der Waals surface area contributed by atoms with E-state index in [0.717, 1.165) is 22.5 Å². The molecule has 1 aromatic rings. The SMILES string of the molecule is CCC(Nc1ccc(F)c([C@]2(C)CS(=O)(=O)N(C)C(=N)N2)c1)C(F)(F)F. The van der Waals surface area contributed by atoms with Crippen LogP contribution in [0, 0.1) is 11.2 Å². The molecule has 0 saturated carbocycles. The van der Waals surface area contributed by atoms with E-state index in [1.807, 2.05) is 0 Å². The maximum Gasteiger partial charge on any atom is 0.408 e. The molecule has 0 bridgehead atoms. The number of nitrogens with one attached hydrogen (secondary N) is 3. The highest BCUT2D eigenvalue weighted by Crippen LogP contribution is 2.33. The monoisotopic (exact) mass is 396 g/mol. The molecule has 6 nitrogen and oxygen atoms in total. The van der Waals surface area contributed by atoms with E-state index in [9.17, 15) is 26.0 Å². The molecule has 0 radical (unpaired) electrons. The first-order valence-corrected chi connectivity index (χ1v) is 9.37. The molecular weight excluding hydrogens is 376 g/mol. The van der Waals surface area contributed by atoms with E-state index in [0.29, 0.717) is 0 Å². The van der Waals surface area contributed by atoms with Gasteiger partial charge in [0.05, 0.1) is 11.3 Å². The normalized spacial score (nSPS) is 24.1. The van der Waals surface area contributed by atoms with Crippen molar-refractivity contribution < 1.29 is 26.0 Å². The van der Waals surface area contributed by atoms with E-state index in [1.165, 1.54) is 20.9 Å².